The van der Waals surface area contributed by atoms with E-state index >= 15 is 0 Å². The summed E-state index contributed by atoms with van der Waals surface area (Å²) in [5.74, 6) is 0. The van der Waals surface area contributed by atoms with E-state index in [4.69, 9.17) is 0 Å². The molecule has 1 aliphatic rings. The zero-order valence-electron chi connectivity index (χ0n) is 10.5. The largest absolute Gasteiger partial charge is 0.391 e. The van der Waals surface area contributed by atoms with Crippen molar-refractivity contribution in [3.8, 4) is 0 Å². The van der Waals surface area contributed by atoms with Crippen molar-refractivity contribution in [2.24, 2.45) is 0 Å². The SMILES string of the molecule is OC1CCCCC1Nc1ccnc2cc(Br)cnc12. The lowest BCUT2D eigenvalue weighted by molar-refractivity contribution is 0.116. The van der Waals surface area contributed by atoms with Crippen LogP contribution in [-0.4, -0.2) is 27.2 Å². The van der Waals surface area contributed by atoms with E-state index in [1.807, 2.05) is 12.1 Å². The number of rotatable bonds is 2. The van der Waals surface area contributed by atoms with Crippen LogP contribution >= 0.6 is 15.9 Å². The molecular weight excluding hydrogens is 306 g/mol. The molecule has 4 nitrogen and oxygen atoms in total. The first-order valence-corrected chi connectivity index (χ1v) is 7.38. The van der Waals surface area contributed by atoms with Gasteiger partial charge in [-0.2, -0.15) is 0 Å². The van der Waals surface area contributed by atoms with Gasteiger partial charge in [-0.1, -0.05) is 12.8 Å². The van der Waals surface area contributed by atoms with E-state index in [0.29, 0.717) is 0 Å². The molecule has 2 aromatic heterocycles. The second-order valence-corrected chi connectivity index (χ2v) is 5.90. The van der Waals surface area contributed by atoms with Crippen LogP contribution in [0.1, 0.15) is 25.7 Å². The van der Waals surface area contributed by atoms with Crippen LogP contribution in [0, 0.1) is 0 Å². The third-order valence-electron chi connectivity index (χ3n) is 3.61. The Morgan fingerprint density at radius 1 is 1.26 bits per heavy atom. The third kappa shape index (κ3) is 2.72. The van der Waals surface area contributed by atoms with Gasteiger partial charge in [-0.25, -0.2) is 0 Å². The van der Waals surface area contributed by atoms with Crippen molar-refractivity contribution < 1.29 is 5.11 Å². The molecule has 0 saturated heterocycles. The lowest BCUT2D eigenvalue weighted by atomic mass is 9.92. The summed E-state index contributed by atoms with van der Waals surface area (Å²) < 4.78 is 0.919. The van der Waals surface area contributed by atoms with Crippen LogP contribution in [0.3, 0.4) is 0 Å². The third-order valence-corrected chi connectivity index (χ3v) is 4.05. The lowest BCUT2D eigenvalue weighted by Gasteiger charge is -2.29. The van der Waals surface area contributed by atoms with E-state index in [2.05, 4.69) is 31.2 Å². The highest BCUT2D eigenvalue weighted by Crippen LogP contribution is 2.26. The first-order valence-electron chi connectivity index (χ1n) is 6.59. The van der Waals surface area contributed by atoms with Gasteiger partial charge in [-0.3, -0.25) is 9.97 Å². The number of aliphatic hydroxyl groups excluding tert-OH is 1. The van der Waals surface area contributed by atoms with Crippen molar-refractivity contribution in [1.29, 1.82) is 0 Å². The minimum Gasteiger partial charge on any atom is -0.391 e. The van der Waals surface area contributed by atoms with Crippen molar-refractivity contribution in [2.45, 2.75) is 37.8 Å². The van der Waals surface area contributed by atoms with E-state index in [9.17, 15) is 5.11 Å². The van der Waals surface area contributed by atoms with Gasteiger partial charge in [0.25, 0.3) is 0 Å². The quantitative estimate of drug-likeness (QED) is 0.892. The average molecular weight is 322 g/mol. The Balaban J connectivity index is 1.92. The highest BCUT2D eigenvalue weighted by Gasteiger charge is 2.23. The zero-order chi connectivity index (χ0) is 13.2. The van der Waals surface area contributed by atoms with E-state index in [0.717, 1.165) is 46.9 Å². The van der Waals surface area contributed by atoms with Crippen molar-refractivity contribution in [3.05, 3.63) is 29.0 Å². The maximum atomic E-state index is 10.0. The molecule has 0 spiro atoms. The summed E-state index contributed by atoms with van der Waals surface area (Å²) in [5, 5.41) is 13.5. The molecule has 2 N–H and O–H groups in total. The molecule has 100 valence electrons. The van der Waals surface area contributed by atoms with Crippen molar-refractivity contribution in [2.75, 3.05) is 5.32 Å². The van der Waals surface area contributed by atoms with Gasteiger partial charge in [-0.05, 0) is 40.9 Å². The van der Waals surface area contributed by atoms with Gasteiger partial charge in [0.1, 0.15) is 5.52 Å². The van der Waals surface area contributed by atoms with Gasteiger partial charge in [0.2, 0.25) is 0 Å². The first kappa shape index (κ1) is 12.8. The molecule has 3 rings (SSSR count). The van der Waals surface area contributed by atoms with Crippen LogP contribution in [0.25, 0.3) is 11.0 Å². The summed E-state index contributed by atoms with van der Waals surface area (Å²) in [6.07, 6.45) is 7.42. The zero-order valence-corrected chi connectivity index (χ0v) is 12.1. The Morgan fingerprint density at radius 3 is 2.95 bits per heavy atom. The molecule has 1 aliphatic carbocycles. The van der Waals surface area contributed by atoms with Crippen LogP contribution in [0.15, 0.2) is 29.0 Å². The summed E-state index contributed by atoms with van der Waals surface area (Å²) in [6, 6.07) is 3.99. The average Bonchev–Trinajstić information content (AvgIpc) is 2.41. The van der Waals surface area contributed by atoms with E-state index in [1.165, 1.54) is 0 Å². The van der Waals surface area contributed by atoms with Crippen LogP contribution in [0.4, 0.5) is 5.69 Å². The molecule has 2 atom stereocenters. The van der Waals surface area contributed by atoms with Crippen molar-refractivity contribution in [1.82, 2.24) is 9.97 Å². The molecule has 1 saturated carbocycles. The number of nitrogens with zero attached hydrogens (tertiary/aromatic N) is 2. The number of anilines is 1. The van der Waals surface area contributed by atoms with Crippen LogP contribution in [-0.2, 0) is 0 Å². The Hall–Kier alpha value is -1.20. The summed E-state index contributed by atoms with van der Waals surface area (Å²) >= 11 is 3.40. The maximum absolute atomic E-state index is 10.0. The summed E-state index contributed by atoms with van der Waals surface area (Å²) in [6.45, 7) is 0. The Bertz CT molecular complexity index is 590. The first-order chi connectivity index (χ1) is 9.24. The number of nitrogens with one attached hydrogen (secondary N) is 1. The molecule has 0 bridgehead atoms. The Labute approximate surface area is 120 Å². The molecule has 2 heterocycles. The normalized spacial score (nSPS) is 23.5. The van der Waals surface area contributed by atoms with E-state index in [-0.39, 0.29) is 12.1 Å². The number of aromatic nitrogens is 2. The van der Waals surface area contributed by atoms with Gasteiger partial charge >= 0.3 is 0 Å². The molecule has 0 aromatic carbocycles. The molecule has 19 heavy (non-hydrogen) atoms. The van der Waals surface area contributed by atoms with Gasteiger partial charge in [-0.15, -0.1) is 0 Å². The van der Waals surface area contributed by atoms with Crippen molar-refractivity contribution >= 4 is 32.7 Å². The fraction of sp³-hybridized carbons (Fsp3) is 0.429. The fourth-order valence-corrected chi connectivity index (χ4v) is 2.92. The molecule has 5 heteroatoms. The topological polar surface area (TPSA) is 58.0 Å². The summed E-state index contributed by atoms with van der Waals surface area (Å²) in [7, 11) is 0. The van der Waals surface area contributed by atoms with E-state index in [1.54, 1.807) is 12.4 Å². The molecule has 0 aliphatic heterocycles. The molecule has 1 fully saturated rings. The van der Waals surface area contributed by atoms with Gasteiger partial charge in [0.05, 0.1) is 23.3 Å². The predicted molar refractivity (Wildman–Crippen MR) is 79.1 cm³/mol. The number of hydrogen-bond acceptors (Lipinski definition) is 4. The van der Waals surface area contributed by atoms with Gasteiger partial charge in [0, 0.05) is 16.9 Å². The second-order valence-electron chi connectivity index (χ2n) is 4.98. The van der Waals surface area contributed by atoms with E-state index < -0.39 is 0 Å². The summed E-state index contributed by atoms with van der Waals surface area (Å²) in [4.78, 5) is 8.74. The predicted octanol–water partition coefficient (Wildman–Crippen LogP) is 3.11. The standard InChI is InChI=1S/C14H16BrN3O/c15-9-7-12-14(17-8-9)11(5-6-16-12)18-10-3-1-2-4-13(10)19/h5-8,10,13,19H,1-4H2,(H,16,18). The smallest absolute Gasteiger partial charge is 0.112 e. The Morgan fingerprint density at radius 2 is 2.11 bits per heavy atom. The second kappa shape index (κ2) is 5.43. The highest BCUT2D eigenvalue weighted by atomic mass is 79.9. The monoisotopic (exact) mass is 321 g/mol. The van der Waals surface area contributed by atoms with Crippen LogP contribution < -0.4 is 5.32 Å². The molecule has 2 unspecified atom stereocenters. The lowest BCUT2D eigenvalue weighted by Crippen LogP contribution is -2.36. The summed E-state index contributed by atoms with van der Waals surface area (Å²) in [5.41, 5.74) is 2.65. The molecule has 0 amide bonds. The number of hydrogen-bond donors (Lipinski definition) is 2. The van der Waals surface area contributed by atoms with Crippen LogP contribution in [0.5, 0.6) is 0 Å². The highest BCUT2D eigenvalue weighted by molar-refractivity contribution is 9.10. The minimum atomic E-state index is -0.271. The van der Waals surface area contributed by atoms with Crippen molar-refractivity contribution in [3.63, 3.8) is 0 Å². The number of aliphatic hydroxyl groups is 1. The number of pyridine rings is 2. The maximum Gasteiger partial charge on any atom is 0.112 e. The molecule has 2 aromatic rings. The van der Waals surface area contributed by atoms with Gasteiger partial charge in [0.15, 0.2) is 0 Å². The number of fused-ring (bicyclic) bond motifs is 1. The Kier molecular flexibility index (Phi) is 3.66. The minimum absolute atomic E-state index is 0.116. The fourth-order valence-electron chi connectivity index (χ4n) is 2.60. The number of halogens is 1. The molecular formula is C14H16BrN3O. The molecule has 0 radical (unpaired) electrons. The van der Waals surface area contributed by atoms with Crippen LogP contribution in [0.2, 0.25) is 0 Å². The van der Waals surface area contributed by atoms with Gasteiger partial charge < -0.3 is 10.4 Å².